The number of likely N-dealkylation sites (tertiary alicyclic amines) is 1. The Morgan fingerprint density at radius 1 is 1.33 bits per heavy atom. The van der Waals surface area contributed by atoms with E-state index in [0.717, 1.165) is 47.6 Å². The first-order valence-electron chi connectivity index (χ1n) is 9.01. The van der Waals surface area contributed by atoms with E-state index in [1.165, 1.54) is 6.33 Å². The lowest BCUT2D eigenvalue weighted by atomic mass is 9.95. The average Bonchev–Trinajstić information content (AvgIpc) is 3.39. The van der Waals surface area contributed by atoms with Gasteiger partial charge in [-0.3, -0.25) is 5.10 Å². The van der Waals surface area contributed by atoms with Crippen LogP contribution in [-0.2, 0) is 0 Å². The predicted octanol–water partition coefficient (Wildman–Crippen LogP) is 2.41. The molecule has 0 spiro atoms. The van der Waals surface area contributed by atoms with Crippen LogP contribution in [0.25, 0.3) is 5.69 Å². The molecule has 1 aliphatic heterocycles. The maximum absolute atomic E-state index is 12.9. The van der Waals surface area contributed by atoms with Crippen LogP contribution in [-0.4, -0.2) is 54.4 Å². The number of benzene rings is 1. The van der Waals surface area contributed by atoms with Crippen molar-refractivity contribution in [3.05, 3.63) is 47.5 Å². The van der Waals surface area contributed by atoms with Gasteiger partial charge in [-0.15, -0.1) is 5.10 Å². The minimum Gasteiger partial charge on any atom is -0.324 e. The van der Waals surface area contributed by atoms with Crippen LogP contribution in [0.15, 0.2) is 30.7 Å². The van der Waals surface area contributed by atoms with E-state index < -0.39 is 0 Å². The molecular formula is C18H22N8O. The summed E-state index contributed by atoms with van der Waals surface area (Å²) in [5.41, 5.74) is 4.76. The van der Waals surface area contributed by atoms with Gasteiger partial charge in [-0.25, -0.2) is 9.48 Å². The van der Waals surface area contributed by atoms with Gasteiger partial charge in [0, 0.05) is 36.6 Å². The Labute approximate surface area is 156 Å². The highest BCUT2D eigenvalue weighted by Gasteiger charge is 2.26. The topological polar surface area (TPSA) is 105 Å². The minimum atomic E-state index is -0.0874. The summed E-state index contributed by atoms with van der Waals surface area (Å²) < 4.78 is 1.58. The van der Waals surface area contributed by atoms with E-state index in [9.17, 15) is 4.79 Å². The lowest BCUT2D eigenvalue weighted by Crippen LogP contribution is -2.41. The van der Waals surface area contributed by atoms with Crippen LogP contribution < -0.4 is 5.32 Å². The van der Waals surface area contributed by atoms with Crippen molar-refractivity contribution < 1.29 is 4.79 Å². The van der Waals surface area contributed by atoms with E-state index in [-0.39, 0.29) is 6.03 Å². The molecule has 1 atom stereocenters. The molecule has 0 bridgehead atoms. The number of nitrogens with one attached hydrogen (secondary N) is 2. The fourth-order valence-corrected chi connectivity index (χ4v) is 3.49. The smallest absolute Gasteiger partial charge is 0.321 e. The first-order chi connectivity index (χ1) is 13.1. The molecule has 9 nitrogen and oxygen atoms in total. The number of anilines is 1. The molecule has 0 unspecified atom stereocenters. The Bertz CT molecular complexity index is 919. The summed E-state index contributed by atoms with van der Waals surface area (Å²) in [4.78, 5) is 14.8. The Hall–Kier alpha value is -3.23. The Morgan fingerprint density at radius 2 is 2.22 bits per heavy atom. The number of urea groups is 1. The molecule has 1 aromatic carbocycles. The third-order valence-corrected chi connectivity index (χ3v) is 5.18. The van der Waals surface area contributed by atoms with Gasteiger partial charge in [0.25, 0.3) is 0 Å². The number of piperidine rings is 1. The van der Waals surface area contributed by atoms with E-state index in [0.29, 0.717) is 12.5 Å². The predicted molar refractivity (Wildman–Crippen MR) is 99.8 cm³/mol. The second kappa shape index (κ2) is 7.18. The van der Waals surface area contributed by atoms with Crippen LogP contribution in [0.5, 0.6) is 0 Å². The maximum Gasteiger partial charge on any atom is 0.321 e. The summed E-state index contributed by atoms with van der Waals surface area (Å²) in [7, 11) is 0. The van der Waals surface area contributed by atoms with Crippen LogP contribution in [0.1, 0.15) is 35.6 Å². The normalized spacial score (nSPS) is 17.1. The van der Waals surface area contributed by atoms with Gasteiger partial charge in [0.2, 0.25) is 0 Å². The summed E-state index contributed by atoms with van der Waals surface area (Å²) in [5, 5.41) is 21.4. The molecule has 1 saturated heterocycles. The van der Waals surface area contributed by atoms with E-state index in [2.05, 4.69) is 31.0 Å². The fourth-order valence-electron chi connectivity index (χ4n) is 3.49. The first-order valence-corrected chi connectivity index (χ1v) is 9.01. The molecular weight excluding hydrogens is 344 g/mol. The van der Waals surface area contributed by atoms with Crippen LogP contribution in [0.4, 0.5) is 10.5 Å². The monoisotopic (exact) mass is 366 g/mol. The van der Waals surface area contributed by atoms with Gasteiger partial charge in [-0.2, -0.15) is 5.10 Å². The zero-order valence-corrected chi connectivity index (χ0v) is 15.4. The number of H-pyrrole nitrogens is 1. The van der Waals surface area contributed by atoms with E-state index in [1.54, 1.807) is 10.9 Å². The van der Waals surface area contributed by atoms with Crippen LogP contribution in [0.3, 0.4) is 0 Å². The van der Waals surface area contributed by atoms with Gasteiger partial charge in [0.15, 0.2) is 0 Å². The molecule has 0 saturated carbocycles. The molecule has 9 heteroatoms. The number of rotatable bonds is 3. The van der Waals surface area contributed by atoms with Crippen molar-refractivity contribution in [1.29, 1.82) is 0 Å². The molecule has 2 aromatic heterocycles. The van der Waals surface area contributed by atoms with Crippen molar-refractivity contribution >= 4 is 11.7 Å². The highest BCUT2D eigenvalue weighted by atomic mass is 16.2. The van der Waals surface area contributed by atoms with Gasteiger partial charge in [-0.05, 0) is 66.4 Å². The zero-order valence-electron chi connectivity index (χ0n) is 15.4. The largest absolute Gasteiger partial charge is 0.324 e. The highest BCUT2D eigenvalue weighted by Crippen LogP contribution is 2.27. The second-order valence-corrected chi connectivity index (χ2v) is 6.92. The number of amides is 2. The summed E-state index contributed by atoms with van der Waals surface area (Å²) in [6.07, 6.45) is 5.32. The zero-order chi connectivity index (χ0) is 18.8. The lowest BCUT2D eigenvalue weighted by molar-refractivity contribution is 0.192. The highest BCUT2D eigenvalue weighted by molar-refractivity contribution is 5.91. The van der Waals surface area contributed by atoms with Crippen LogP contribution in [0.2, 0.25) is 0 Å². The second-order valence-electron chi connectivity index (χ2n) is 6.92. The molecule has 2 N–H and O–H groups in total. The number of nitrogens with zero attached hydrogens (tertiary/aromatic N) is 6. The van der Waals surface area contributed by atoms with Gasteiger partial charge in [0.05, 0.1) is 5.69 Å². The molecule has 0 aliphatic carbocycles. The Kier molecular flexibility index (Phi) is 4.57. The number of aryl methyl sites for hydroxylation is 1. The molecule has 0 radical (unpaired) electrons. The number of hydrogen-bond donors (Lipinski definition) is 2. The quantitative estimate of drug-likeness (QED) is 0.741. The van der Waals surface area contributed by atoms with E-state index in [1.807, 2.05) is 36.9 Å². The molecule has 3 heterocycles. The van der Waals surface area contributed by atoms with Gasteiger partial charge in [-0.1, -0.05) is 0 Å². The maximum atomic E-state index is 12.9. The molecule has 1 aliphatic rings. The summed E-state index contributed by atoms with van der Waals surface area (Å²) in [5.74, 6) is 0.294. The third-order valence-electron chi connectivity index (χ3n) is 5.18. The number of aromatic nitrogens is 6. The molecule has 140 valence electrons. The number of tetrazole rings is 1. The molecule has 2 amide bonds. The van der Waals surface area contributed by atoms with Crippen molar-refractivity contribution in [2.45, 2.75) is 32.6 Å². The number of hydrogen-bond acceptors (Lipinski definition) is 5. The van der Waals surface area contributed by atoms with Crippen molar-refractivity contribution in [2.24, 2.45) is 0 Å². The number of aromatic amines is 1. The molecule has 27 heavy (non-hydrogen) atoms. The standard InChI is InChI=1S/C18H22N8O/c1-12-8-15(26-11-20-23-24-26)9-17(13(12)2)21-18(27)25-7-3-4-14(10-25)16-5-6-19-22-16/h5-6,8-9,11,14H,3-4,7,10H2,1-2H3,(H,19,22)(H,21,27)/t14-/m1/s1. The molecule has 1 fully saturated rings. The van der Waals surface area contributed by atoms with Crippen LogP contribution >= 0.6 is 0 Å². The lowest BCUT2D eigenvalue weighted by Gasteiger charge is -2.32. The van der Waals surface area contributed by atoms with Gasteiger partial charge < -0.3 is 10.2 Å². The SMILES string of the molecule is Cc1cc(-n2cnnn2)cc(NC(=O)N2CCC[C@@H](c3ccn[nH]3)C2)c1C. The Morgan fingerprint density at radius 3 is 2.96 bits per heavy atom. The summed E-state index contributed by atoms with van der Waals surface area (Å²) in [6.45, 7) is 5.44. The van der Waals surface area contributed by atoms with Gasteiger partial charge in [0.1, 0.15) is 6.33 Å². The minimum absolute atomic E-state index is 0.0874. The molecule has 4 rings (SSSR count). The molecule has 3 aromatic rings. The van der Waals surface area contributed by atoms with Crippen molar-refractivity contribution in [3.8, 4) is 5.69 Å². The summed E-state index contributed by atoms with van der Waals surface area (Å²) in [6, 6.07) is 5.79. The number of carbonyl (C=O) groups is 1. The van der Waals surface area contributed by atoms with Crippen molar-refractivity contribution in [1.82, 2.24) is 35.3 Å². The van der Waals surface area contributed by atoms with Gasteiger partial charge >= 0.3 is 6.03 Å². The first kappa shape index (κ1) is 17.2. The number of carbonyl (C=O) groups excluding carboxylic acids is 1. The van der Waals surface area contributed by atoms with Crippen molar-refractivity contribution in [3.63, 3.8) is 0 Å². The average molecular weight is 366 g/mol. The third kappa shape index (κ3) is 3.53. The van der Waals surface area contributed by atoms with E-state index in [4.69, 9.17) is 0 Å². The van der Waals surface area contributed by atoms with Crippen molar-refractivity contribution in [2.75, 3.05) is 18.4 Å². The fraction of sp³-hybridized carbons (Fsp3) is 0.389. The summed E-state index contributed by atoms with van der Waals surface area (Å²) >= 11 is 0. The Balaban J connectivity index is 1.52. The van der Waals surface area contributed by atoms with Crippen LogP contribution in [0, 0.1) is 13.8 Å². The van der Waals surface area contributed by atoms with E-state index >= 15 is 0 Å².